The van der Waals surface area contributed by atoms with Crippen molar-refractivity contribution in [3.05, 3.63) is 58.6 Å². The van der Waals surface area contributed by atoms with Crippen molar-refractivity contribution in [2.24, 2.45) is 5.92 Å². The van der Waals surface area contributed by atoms with Crippen molar-refractivity contribution in [1.29, 1.82) is 0 Å². The Kier molecular flexibility index (Phi) is 3.90. The SMILES string of the molecule is OC1(CC2c3ccccc3Sc3ccc(Cl)cc32)CN2CCC1CC2. The fraction of sp³-hybridized carbons (Fsp3) is 0.429. The van der Waals surface area contributed by atoms with E-state index in [1.807, 2.05) is 17.8 Å². The van der Waals surface area contributed by atoms with Gasteiger partial charge in [-0.1, -0.05) is 41.6 Å². The lowest BCUT2D eigenvalue weighted by Gasteiger charge is -2.52. The van der Waals surface area contributed by atoms with Crippen molar-refractivity contribution in [1.82, 2.24) is 4.90 Å². The van der Waals surface area contributed by atoms with Crippen molar-refractivity contribution in [2.45, 2.75) is 40.6 Å². The molecular formula is C21H22ClNOS. The molecule has 25 heavy (non-hydrogen) atoms. The van der Waals surface area contributed by atoms with Crippen molar-refractivity contribution in [3.8, 4) is 0 Å². The van der Waals surface area contributed by atoms with Crippen molar-refractivity contribution in [2.75, 3.05) is 19.6 Å². The maximum Gasteiger partial charge on any atom is 0.0812 e. The summed E-state index contributed by atoms with van der Waals surface area (Å²) in [6.45, 7) is 3.11. The molecule has 2 aromatic carbocycles. The predicted molar refractivity (Wildman–Crippen MR) is 103 cm³/mol. The number of halogens is 1. The zero-order valence-corrected chi connectivity index (χ0v) is 15.7. The predicted octanol–water partition coefficient (Wildman–Crippen LogP) is 4.78. The lowest BCUT2D eigenvalue weighted by molar-refractivity contribution is -0.118. The summed E-state index contributed by atoms with van der Waals surface area (Å²) in [6.07, 6.45) is 3.04. The van der Waals surface area contributed by atoms with Gasteiger partial charge in [-0.05, 0) is 73.7 Å². The van der Waals surface area contributed by atoms with Crippen LogP contribution in [0.2, 0.25) is 5.02 Å². The molecule has 3 fully saturated rings. The van der Waals surface area contributed by atoms with Gasteiger partial charge in [0.2, 0.25) is 0 Å². The van der Waals surface area contributed by atoms with Crippen molar-refractivity contribution < 1.29 is 5.11 Å². The molecule has 2 atom stereocenters. The number of nitrogens with zero attached hydrogens (tertiary/aromatic N) is 1. The van der Waals surface area contributed by atoms with Gasteiger partial charge in [-0.25, -0.2) is 0 Å². The molecule has 0 aliphatic carbocycles. The molecule has 2 nitrogen and oxygen atoms in total. The number of fused-ring (bicyclic) bond motifs is 5. The standard InChI is InChI=1S/C21H22ClNOS/c22-15-5-6-20-17(11-15)18(16-3-1-2-4-19(16)25-20)12-21(24)13-23-9-7-14(21)8-10-23/h1-6,11,14,18,24H,7-10,12-13H2. The highest BCUT2D eigenvalue weighted by Gasteiger charge is 2.47. The summed E-state index contributed by atoms with van der Waals surface area (Å²) >= 11 is 8.15. The smallest absolute Gasteiger partial charge is 0.0812 e. The molecule has 3 saturated heterocycles. The second kappa shape index (κ2) is 6.02. The van der Waals surface area contributed by atoms with Gasteiger partial charge in [0.1, 0.15) is 0 Å². The van der Waals surface area contributed by atoms with Gasteiger partial charge in [-0.15, -0.1) is 0 Å². The Hall–Kier alpha value is -1.00. The van der Waals surface area contributed by atoms with Crippen LogP contribution in [0.3, 0.4) is 0 Å². The monoisotopic (exact) mass is 371 g/mol. The summed E-state index contributed by atoms with van der Waals surface area (Å²) in [7, 11) is 0. The summed E-state index contributed by atoms with van der Waals surface area (Å²) in [5.41, 5.74) is 2.03. The number of benzene rings is 2. The molecule has 4 aliphatic heterocycles. The van der Waals surface area contributed by atoms with Crippen LogP contribution >= 0.6 is 23.4 Å². The molecular weight excluding hydrogens is 350 g/mol. The van der Waals surface area contributed by atoms with Gasteiger partial charge in [0.15, 0.2) is 0 Å². The molecule has 0 amide bonds. The van der Waals surface area contributed by atoms with Crippen LogP contribution in [0, 0.1) is 5.92 Å². The highest BCUT2D eigenvalue weighted by atomic mass is 35.5. The van der Waals surface area contributed by atoms with Crippen LogP contribution < -0.4 is 0 Å². The third kappa shape index (κ3) is 2.73. The second-order valence-corrected chi connectivity index (χ2v) is 9.25. The number of hydrogen-bond acceptors (Lipinski definition) is 3. The third-order valence-electron chi connectivity index (χ3n) is 6.26. The first-order valence-electron chi connectivity index (χ1n) is 9.13. The Bertz CT molecular complexity index is 817. The second-order valence-electron chi connectivity index (χ2n) is 7.73. The van der Waals surface area contributed by atoms with Gasteiger partial charge in [-0.2, -0.15) is 0 Å². The van der Waals surface area contributed by atoms with Gasteiger partial charge in [0, 0.05) is 27.3 Å². The molecule has 0 radical (unpaired) electrons. The van der Waals surface area contributed by atoms with E-state index < -0.39 is 5.60 Å². The molecule has 0 aromatic heterocycles. The molecule has 4 heterocycles. The molecule has 1 N–H and O–H groups in total. The van der Waals surface area contributed by atoms with Crippen molar-refractivity contribution in [3.63, 3.8) is 0 Å². The zero-order chi connectivity index (χ0) is 17.0. The number of rotatable bonds is 2. The first kappa shape index (κ1) is 16.2. The Morgan fingerprint density at radius 1 is 1.08 bits per heavy atom. The highest BCUT2D eigenvalue weighted by Crippen LogP contribution is 2.51. The Morgan fingerprint density at radius 2 is 1.84 bits per heavy atom. The van der Waals surface area contributed by atoms with Gasteiger partial charge < -0.3 is 10.0 Å². The lowest BCUT2D eigenvalue weighted by Crippen LogP contribution is -2.59. The van der Waals surface area contributed by atoms with Gasteiger partial charge in [0.05, 0.1) is 5.60 Å². The first-order chi connectivity index (χ1) is 12.1. The molecule has 6 rings (SSSR count). The largest absolute Gasteiger partial charge is 0.388 e. The summed E-state index contributed by atoms with van der Waals surface area (Å²) < 4.78 is 0. The molecule has 4 heteroatoms. The molecule has 0 spiro atoms. The van der Waals surface area contributed by atoms with Gasteiger partial charge >= 0.3 is 0 Å². The van der Waals surface area contributed by atoms with Gasteiger partial charge in [-0.3, -0.25) is 0 Å². The summed E-state index contributed by atoms with van der Waals surface area (Å²) in [5.74, 6) is 0.651. The molecule has 4 aliphatic rings. The first-order valence-corrected chi connectivity index (χ1v) is 10.3. The van der Waals surface area contributed by atoms with E-state index in [1.165, 1.54) is 20.9 Å². The van der Waals surface area contributed by atoms with E-state index >= 15 is 0 Å². The summed E-state index contributed by atoms with van der Waals surface area (Å²) in [5, 5.41) is 12.3. The van der Waals surface area contributed by atoms with E-state index in [1.54, 1.807) is 0 Å². The molecule has 2 aromatic rings. The van der Waals surface area contributed by atoms with Crippen LogP contribution in [0.25, 0.3) is 0 Å². The third-order valence-corrected chi connectivity index (χ3v) is 7.68. The minimum Gasteiger partial charge on any atom is -0.388 e. The number of aliphatic hydroxyl groups is 1. The molecule has 130 valence electrons. The van der Waals surface area contributed by atoms with Gasteiger partial charge in [0.25, 0.3) is 0 Å². The van der Waals surface area contributed by atoms with E-state index in [0.29, 0.717) is 5.92 Å². The average molecular weight is 372 g/mol. The summed E-state index contributed by atoms with van der Waals surface area (Å²) in [6, 6.07) is 14.9. The quantitative estimate of drug-likeness (QED) is 0.821. The fourth-order valence-corrected chi connectivity index (χ4v) is 6.33. The van der Waals surface area contributed by atoms with Crippen LogP contribution in [-0.2, 0) is 0 Å². The van der Waals surface area contributed by atoms with E-state index in [0.717, 1.165) is 43.9 Å². The summed E-state index contributed by atoms with van der Waals surface area (Å²) in [4.78, 5) is 5.02. The Morgan fingerprint density at radius 3 is 2.60 bits per heavy atom. The van der Waals surface area contributed by atoms with Crippen LogP contribution in [0.5, 0.6) is 0 Å². The molecule has 0 saturated carbocycles. The van der Waals surface area contributed by atoms with Crippen molar-refractivity contribution >= 4 is 23.4 Å². The average Bonchev–Trinajstić information content (AvgIpc) is 2.63. The van der Waals surface area contributed by atoms with Crippen LogP contribution in [0.15, 0.2) is 52.3 Å². The maximum atomic E-state index is 11.6. The number of piperidine rings is 3. The highest BCUT2D eigenvalue weighted by molar-refractivity contribution is 7.99. The minimum absolute atomic E-state index is 0.219. The normalized spacial score (nSPS) is 33.0. The van der Waals surface area contributed by atoms with Crippen LogP contribution in [-0.4, -0.2) is 35.2 Å². The zero-order valence-electron chi connectivity index (χ0n) is 14.1. The Balaban J connectivity index is 1.57. The number of hydrogen-bond donors (Lipinski definition) is 1. The lowest BCUT2D eigenvalue weighted by atomic mass is 9.69. The minimum atomic E-state index is -0.587. The van der Waals surface area contributed by atoms with E-state index in [9.17, 15) is 5.11 Å². The fourth-order valence-electron chi connectivity index (χ4n) is 4.98. The van der Waals surface area contributed by atoms with E-state index in [2.05, 4.69) is 41.3 Å². The van der Waals surface area contributed by atoms with E-state index in [-0.39, 0.29) is 5.92 Å². The van der Waals surface area contributed by atoms with Crippen LogP contribution in [0.1, 0.15) is 36.3 Å². The molecule has 2 unspecified atom stereocenters. The topological polar surface area (TPSA) is 23.5 Å². The van der Waals surface area contributed by atoms with Crippen LogP contribution in [0.4, 0.5) is 0 Å². The maximum absolute atomic E-state index is 11.6. The Labute approximate surface area is 158 Å². The molecule has 2 bridgehead atoms. The van der Waals surface area contributed by atoms with E-state index in [4.69, 9.17) is 11.6 Å².